The molecule has 3 rings (SSSR count). The average Bonchev–Trinajstić information content (AvgIpc) is 2.83. The zero-order chi connectivity index (χ0) is 14.3. The maximum absolute atomic E-state index is 13.1. The number of thiophene rings is 1. The summed E-state index contributed by atoms with van der Waals surface area (Å²) >= 11 is 13.0. The Morgan fingerprint density at radius 2 is 2.15 bits per heavy atom. The van der Waals surface area contributed by atoms with Crippen molar-refractivity contribution in [2.45, 2.75) is 5.88 Å². The number of aromatic amines is 1. The van der Waals surface area contributed by atoms with E-state index in [0.717, 1.165) is 0 Å². The first-order valence-electron chi connectivity index (χ1n) is 5.62. The molecule has 0 amide bonds. The second-order valence-corrected chi connectivity index (χ2v) is 5.63. The number of H-pyrrole nitrogens is 1. The summed E-state index contributed by atoms with van der Waals surface area (Å²) in [5.41, 5.74) is 0.970. The van der Waals surface area contributed by atoms with Gasteiger partial charge in [-0.15, -0.1) is 22.9 Å². The highest BCUT2D eigenvalue weighted by Gasteiger charge is 2.15. The Kier molecular flexibility index (Phi) is 3.50. The smallest absolute Gasteiger partial charge is 0.260 e. The van der Waals surface area contributed by atoms with Crippen LogP contribution in [0.4, 0.5) is 4.39 Å². The number of rotatable bonds is 2. The molecule has 1 N–H and O–H groups in total. The molecule has 1 aromatic carbocycles. The molecule has 20 heavy (non-hydrogen) atoms. The largest absolute Gasteiger partial charge is 0.309 e. The SMILES string of the molecule is O=c1[nH]c(CCl)nc2scc(-c3ccc(F)cc3Cl)c12. The van der Waals surface area contributed by atoms with Crippen LogP contribution in [0.15, 0.2) is 28.4 Å². The highest BCUT2D eigenvalue weighted by atomic mass is 35.5. The van der Waals surface area contributed by atoms with Crippen molar-refractivity contribution in [3.8, 4) is 11.1 Å². The molecule has 0 bridgehead atoms. The van der Waals surface area contributed by atoms with Crippen molar-refractivity contribution in [1.82, 2.24) is 9.97 Å². The Balaban J connectivity index is 2.30. The van der Waals surface area contributed by atoms with Crippen molar-refractivity contribution in [1.29, 1.82) is 0 Å². The molecule has 102 valence electrons. The van der Waals surface area contributed by atoms with Gasteiger partial charge >= 0.3 is 0 Å². The number of nitrogens with zero attached hydrogens (tertiary/aromatic N) is 1. The van der Waals surface area contributed by atoms with E-state index in [0.29, 0.717) is 27.2 Å². The monoisotopic (exact) mass is 328 g/mol. The molecule has 0 saturated carbocycles. The number of aromatic nitrogens is 2. The zero-order valence-corrected chi connectivity index (χ0v) is 12.2. The van der Waals surface area contributed by atoms with Crippen LogP contribution in [0.2, 0.25) is 5.02 Å². The van der Waals surface area contributed by atoms with Gasteiger partial charge in [0.15, 0.2) is 0 Å². The van der Waals surface area contributed by atoms with Crippen molar-refractivity contribution in [3.63, 3.8) is 0 Å². The van der Waals surface area contributed by atoms with Crippen molar-refractivity contribution in [2.75, 3.05) is 0 Å². The molecule has 0 radical (unpaired) electrons. The maximum Gasteiger partial charge on any atom is 0.260 e. The normalized spacial score (nSPS) is 11.2. The van der Waals surface area contributed by atoms with Gasteiger partial charge in [0.1, 0.15) is 16.5 Å². The van der Waals surface area contributed by atoms with Gasteiger partial charge < -0.3 is 4.98 Å². The maximum atomic E-state index is 13.1. The van der Waals surface area contributed by atoms with Crippen molar-refractivity contribution in [2.24, 2.45) is 0 Å². The molecule has 0 fully saturated rings. The van der Waals surface area contributed by atoms with Gasteiger partial charge in [-0.3, -0.25) is 4.79 Å². The van der Waals surface area contributed by atoms with Crippen LogP contribution in [0.1, 0.15) is 5.82 Å². The quantitative estimate of drug-likeness (QED) is 0.717. The van der Waals surface area contributed by atoms with Crippen LogP contribution in [0.3, 0.4) is 0 Å². The van der Waals surface area contributed by atoms with Crippen molar-refractivity contribution >= 4 is 44.8 Å². The minimum atomic E-state index is -0.422. The van der Waals surface area contributed by atoms with E-state index in [-0.39, 0.29) is 16.5 Å². The number of alkyl halides is 1. The molecular formula is C13H7Cl2FN2OS. The molecule has 0 aliphatic carbocycles. The summed E-state index contributed by atoms with van der Waals surface area (Å²) in [4.78, 5) is 19.6. The first-order valence-corrected chi connectivity index (χ1v) is 7.41. The summed E-state index contributed by atoms with van der Waals surface area (Å²) in [5.74, 6) is 0.132. The molecule has 0 aliphatic rings. The highest BCUT2D eigenvalue weighted by Crippen LogP contribution is 2.35. The first-order chi connectivity index (χ1) is 9.60. The van der Waals surface area contributed by atoms with Gasteiger partial charge in [0.05, 0.1) is 16.3 Å². The molecule has 0 aliphatic heterocycles. The molecule has 3 aromatic rings. The molecule has 0 saturated heterocycles. The molecule has 7 heteroatoms. The van der Waals surface area contributed by atoms with Gasteiger partial charge in [0, 0.05) is 16.5 Å². The lowest BCUT2D eigenvalue weighted by atomic mass is 10.1. The van der Waals surface area contributed by atoms with Crippen LogP contribution in [0, 0.1) is 5.82 Å². The lowest BCUT2D eigenvalue weighted by Gasteiger charge is -2.03. The Labute approximate surface area is 127 Å². The second kappa shape index (κ2) is 5.16. The third-order valence-electron chi connectivity index (χ3n) is 2.84. The summed E-state index contributed by atoms with van der Waals surface area (Å²) < 4.78 is 13.1. The fourth-order valence-corrected chi connectivity index (χ4v) is 3.32. The Morgan fingerprint density at radius 1 is 1.35 bits per heavy atom. The predicted octanol–water partition coefficient (Wildman–Crippen LogP) is 4.18. The fraction of sp³-hybridized carbons (Fsp3) is 0.0769. The van der Waals surface area contributed by atoms with E-state index in [2.05, 4.69) is 9.97 Å². The van der Waals surface area contributed by atoms with E-state index in [1.165, 1.54) is 23.5 Å². The second-order valence-electron chi connectivity index (χ2n) is 4.10. The summed E-state index contributed by atoms with van der Waals surface area (Å²) in [6.45, 7) is 0. The van der Waals surface area contributed by atoms with Gasteiger partial charge in [-0.1, -0.05) is 11.6 Å². The molecule has 0 spiro atoms. The number of hydrogen-bond donors (Lipinski definition) is 1. The topological polar surface area (TPSA) is 45.8 Å². The summed E-state index contributed by atoms with van der Waals surface area (Å²) in [6, 6.07) is 4.07. The van der Waals surface area contributed by atoms with E-state index in [9.17, 15) is 9.18 Å². The molecular weight excluding hydrogens is 322 g/mol. The summed E-state index contributed by atoms with van der Waals surface area (Å²) in [7, 11) is 0. The predicted molar refractivity (Wildman–Crippen MR) is 80.2 cm³/mol. The minimum Gasteiger partial charge on any atom is -0.309 e. The number of fused-ring (bicyclic) bond motifs is 1. The lowest BCUT2D eigenvalue weighted by molar-refractivity contribution is 0.628. The number of benzene rings is 1. The third-order valence-corrected chi connectivity index (χ3v) is 4.28. The Hall–Kier alpha value is -1.43. The van der Waals surface area contributed by atoms with Crippen molar-refractivity contribution < 1.29 is 4.39 Å². The molecule has 0 unspecified atom stereocenters. The van der Waals surface area contributed by atoms with E-state index < -0.39 is 5.82 Å². The molecule has 2 heterocycles. The zero-order valence-electron chi connectivity index (χ0n) is 9.91. The lowest BCUT2D eigenvalue weighted by Crippen LogP contribution is -2.10. The number of halogens is 3. The standard InChI is InChI=1S/C13H7Cl2FN2OS/c14-4-10-17-12(19)11-8(5-20-13(11)18-10)7-2-1-6(16)3-9(7)15/h1-3,5H,4H2,(H,17,18,19). The molecule has 3 nitrogen and oxygen atoms in total. The Morgan fingerprint density at radius 3 is 2.85 bits per heavy atom. The van der Waals surface area contributed by atoms with E-state index >= 15 is 0 Å². The van der Waals surface area contributed by atoms with Crippen LogP contribution in [-0.2, 0) is 5.88 Å². The Bertz CT molecular complexity index is 859. The first kappa shape index (κ1) is 13.5. The van der Waals surface area contributed by atoms with Crippen LogP contribution in [-0.4, -0.2) is 9.97 Å². The molecule has 2 aromatic heterocycles. The number of nitrogens with one attached hydrogen (secondary N) is 1. The van der Waals surface area contributed by atoms with E-state index in [4.69, 9.17) is 23.2 Å². The van der Waals surface area contributed by atoms with Crippen LogP contribution >= 0.6 is 34.5 Å². The van der Waals surface area contributed by atoms with Gasteiger partial charge in [-0.25, -0.2) is 9.37 Å². The van der Waals surface area contributed by atoms with Crippen molar-refractivity contribution in [3.05, 3.63) is 50.6 Å². The average molecular weight is 329 g/mol. The minimum absolute atomic E-state index is 0.135. The number of hydrogen-bond acceptors (Lipinski definition) is 3. The summed E-state index contributed by atoms with van der Waals surface area (Å²) in [6.07, 6.45) is 0. The van der Waals surface area contributed by atoms with Gasteiger partial charge in [-0.2, -0.15) is 0 Å². The van der Waals surface area contributed by atoms with E-state index in [1.54, 1.807) is 11.4 Å². The van der Waals surface area contributed by atoms with Crippen LogP contribution in [0.5, 0.6) is 0 Å². The van der Waals surface area contributed by atoms with Gasteiger partial charge in [0.2, 0.25) is 0 Å². The fourth-order valence-electron chi connectivity index (χ4n) is 1.96. The van der Waals surface area contributed by atoms with Gasteiger partial charge in [0.25, 0.3) is 5.56 Å². The highest BCUT2D eigenvalue weighted by molar-refractivity contribution is 7.17. The third kappa shape index (κ3) is 2.22. The van der Waals surface area contributed by atoms with Crippen LogP contribution < -0.4 is 5.56 Å². The van der Waals surface area contributed by atoms with Crippen LogP contribution in [0.25, 0.3) is 21.3 Å². The summed E-state index contributed by atoms with van der Waals surface area (Å²) in [5, 5.41) is 2.48. The molecule has 0 atom stereocenters. The van der Waals surface area contributed by atoms with Gasteiger partial charge in [-0.05, 0) is 18.2 Å². The van der Waals surface area contributed by atoms with E-state index in [1.807, 2.05) is 0 Å².